The van der Waals surface area contributed by atoms with Crippen LogP contribution in [0.25, 0.3) is 0 Å². The Morgan fingerprint density at radius 3 is 3.00 bits per heavy atom. The normalized spacial score (nSPS) is 25.8. The number of nitrogens with one attached hydrogen (secondary N) is 1. The van der Waals surface area contributed by atoms with Crippen LogP contribution in [0.5, 0.6) is 0 Å². The number of nitro benzene ring substituents is 1. The Balaban J connectivity index is 1.33. The molecule has 2 fully saturated rings. The summed E-state index contributed by atoms with van der Waals surface area (Å²) < 4.78 is 13.9. The number of aryl methyl sites for hydroxylation is 1. The van der Waals surface area contributed by atoms with E-state index in [4.69, 9.17) is 11.6 Å². The molecule has 2 bridgehead atoms. The summed E-state index contributed by atoms with van der Waals surface area (Å²) in [6.07, 6.45) is 5.24. The lowest BCUT2D eigenvalue weighted by atomic mass is 9.95. The van der Waals surface area contributed by atoms with Crippen molar-refractivity contribution in [3.8, 4) is 0 Å². The number of aromatic nitrogens is 2. The van der Waals surface area contributed by atoms with Gasteiger partial charge < -0.3 is 5.32 Å². The molecular weight excluding hydrogens is 403 g/mol. The summed E-state index contributed by atoms with van der Waals surface area (Å²) in [6.45, 7) is 0. The van der Waals surface area contributed by atoms with E-state index in [1.807, 2.05) is 17.8 Å². The Labute approximate surface area is 171 Å². The monoisotopic (exact) mass is 422 g/mol. The molecule has 0 unspecified atom stereocenters. The molecule has 2 aliphatic carbocycles. The number of hydrogen-bond donors (Lipinski definition) is 1. The van der Waals surface area contributed by atoms with Gasteiger partial charge in [-0.15, -0.1) is 0 Å². The van der Waals surface area contributed by atoms with Crippen molar-refractivity contribution < 1.29 is 9.31 Å². The van der Waals surface area contributed by atoms with Crippen LogP contribution in [0.15, 0.2) is 30.5 Å². The van der Waals surface area contributed by atoms with E-state index >= 15 is 0 Å². The first-order valence-corrected chi connectivity index (χ1v) is 10.7. The van der Waals surface area contributed by atoms with Gasteiger partial charge in [0.15, 0.2) is 11.6 Å². The third kappa shape index (κ3) is 4.22. The highest BCUT2D eigenvalue weighted by molar-refractivity contribution is 7.99. The van der Waals surface area contributed by atoms with Gasteiger partial charge >= 0.3 is 0 Å². The largest absolute Gasteiger partial charge is 0.364 e. The van der Waals surface area contributed by atoms with Gasteiger partial charge in [0, 0.05) is 23.4 Å². The lowest BCUT2D eigenvalue weighted by molar-refractivity contribution is -0.384. The molecule has 9 heteroatoms. The van der Waals surface area contributed by atoms with E-state index in [2.05, 4.69) is 15.3 Å². The second kappa shape index (κ2) is 8.21. The first kappa shape index (κ1) is 19.4. The van der Waals surface area contributed by atoms with Crippen molar-refractivity contribution >= 4 is 34.9 Å². The highest BCUT2D eigenvalue weighted by Crippen LogP contribution is 2.50. The number of thioether (sulfide) groups is 1. The molecule has 2 saturated carbocycles. The summed E-state index contributed by atoms with van der Waals surface area (Å²) in [4.78, 5) is 18.2. The van der Waals surface area contributed by atoms with Crippen LogP contribution >= 0.6 is 23.4 Å². The first-order valence-electron chi connectivity index (χ1n) is 9.29. The molecule has 2 aliphatic rings. The lowest BCUT2D eigenvalue weighted by Gasteiger charge is -2.30. The van der Waals surface area contributed by atoms with E-state index in [-0.39, 0.29) is 27.8 Å². The number of nitrogens with zero attached hydrogens (tertiary/aromatic N) is 3. The average molecular weight is 423 g/mol. The van der Waals surface area contributed by atoms with Crippen molar-refractivity contribution in [2.24, 2.45) is 11.8 Å². The van der Waals surface area contributed by atoms with Crippen molar-refractivity contribution in [1.82, 2.24) is 9.97 Å². The Bertz CT molecular complexity index is 887. The molecule has 1 N–H and O–H groups in total. The third-order valence-corrected chi connectivity index (χ3v) is 7.23. The summed E-state index contributed by atoms with van der Waals surface area (Å²) in [7, 11) is 0. The fourth-order valence-corrected chi connectivity index (χ4v) is 6.17. The zero-order valence-electron chi connectivity index (χ0n) is 15.1. The van der Waals surface area contributed by atoms with Gasteiger partial charge in [-0.05, 0) is 60.4 Å². The summed E-state index contributed by atoms with van der Waals surface area (Å²) in [6, 6.07) is 7.01. The molecule has 0 radical (unpaired) electrons. The number of halogens is 2. The topological polar surface area (TPSA) is 81.0 Å². The van der Waals surface area contributed by atoms with Crippen molar-refractivity contribution in [3.05, 3.63) is 57.2 Å². The minimum Gasteiger partial charge on any atom is -0.364 e. The van der Waals surface area contributed by atoms with Gasteiger partial charge in [-0.25, -0.2) is 9.37 Å². The van der Waals surface area contributed by atoms with Crippen molar-refractivity contribution in [2.45, 2.75) is 37.0 Å². The molecule has 4 rings (SSSR count). The molecule has 28 heavy (non-hydrogen) atoms. The predicted octanol–water partition coefficient (Wildman–Crippen LogP) is 4.73. The van der Waals surface area contributed by atoms with Gasteiger partial charge in [-0.3, -0.25) is 10.1 Å². The van der Waals surface area contributed by atoms with E-state index in [9.17, 15) is 14.5 Å². The average Bonchev–Trinajstić information content (AvgIpc) is 3.25. The number of hydrogen-bond acceptors (Lipinski definition) is 6. The van der Waals surface area contributed by atoms with Crippen LogP contribution < -0.4 is 5.32 Å². The quantitative estimate of drug-likeness (QED) is 0.394. The molecule has 0 spiro atoms. The highest BCUT2D eigenvalue weighted by Gasteiger charge is 2.46. The van der Waals surface area contributed by atoms with E-state index in [0.29, 0.717) is 17.1 Å². The molecule has 1 aromatic heterocycles. The second-order valence-electron chi connectivity index (χ2n) is 7.41. The number of rotatable bonds is 7. The molecule has 0 amide bonds. The molecule has 6 nitrogen and oxygen atoms in total. The maximum Gasteiger partial charge on any atom is 0.269 e. The summed E-state index contributed by atoms with van der Waals surface area (Å²) in [5, 5.41) is 14.7. The summed E-state index contributed by atoms with van der Waals surface area (Å²) >= 11 is 7.71. The maximum atomic E-state index is 13.9. The molecule has 2 aromatic rings. The van der Waals surface area contributed by atoms with Crippen LogP contribution in [0.3, 0.4) is 0 Å². The number of non-ortho nitro benzene ring substituents is 1. The Morgan fingerprint density at radius 1 is 1.36 bits per heavy atom. The molecule has 148 valence electrons. The van der Waals surface area contributed by atoms with Gasteiger partial charge in [0.25, 0.3) is 5.69 Å². The van der Waals surface area contributed by atoms with E-state index < -0.39 is 5.82 Å². The van der Waals surface area contributed by atoms with Gasteiger partial charge in [0.05, 0.1) is 11.1 Å². The fourth-order valence-electron chi connectivity index (χ4n) is 4.42. The Hall–Kier alpha value is -1.93. The summed E-state index contributed by atoms with van der Waals surface area (Å²) in [5.74, 6) is 1.72. The Kier molecular flexibility index (Phi) is 5.68. The molecule has 4 atom stereocenters. The zero-order chi connectivity index (χ0) is 19.7. The van der Waals surface area contributed by atoms with Crippen LogP contribution in [0.4, 0.5) is 15.9 Å². The number of benzene rings is 1. The standard InChI is InChI=1S/C19H20ClFN4O2S/c20-19-22-10-15(21)18(24-19)23-16-8-12-7-14(16)17(9-12)28-5-4-11-2-1-3-13(6-11)25(26)27/h1-3,6,10,12,14,16-17H,4-5,7-9H2,(H,22,23,24)/t12-,14-,16-,17+/m0/s1. The van der Waals surface area contributed by atoms with Crippen LogP contribution in [0, 0.1) is 27.8 Å². The van der Waals surface area contributed by atoms with Gasteiger partial charge in [-0.1, -0.05) is 12.1 Å². The van der Waals surface area contributed by atoms with Gasteiger partial charge in [0.1, 0.15) is 0 Å². The van der Waals surface area contributed by atoms with Crippen molar-refractivity contribution in [1.29, 1.82) is 0 Å². The van der Waals surface area contributed by atoms with E-state index in [1.54, 1.807) is 12.1 Å². The predicted molar refractivity (Wildman–Crippen MR) is 108 cm³/mol. The SMILES string of the molecule is O=[N+]([O-])c1cccc(CCS[C@@H]2C[C@H]3C[C@H]2[C@@H](Nc2nc(Cl)ncc2F)C3)c1. The third-order valence-electron chi connectivity index (χ3n) is 5.63. The first-order chi connectivity index (χ1) is 13.5. The maximum absolute atomic E-state index is 13.9. The van der Waals surface area contributed by atoms with Crippen LogP contribution in [-0.4, -0.2) is 31.9 Å². The molecular formula is C19H20ClFN4O2S. The minimum atomic E-state index is -0.484. The van der Waals surface area contributed by atoms with E-state index in [0.717, 1.165) is 36.8 Å². The van der Waals surface area contributed by atoms with Gasteiger partial charge in [0.2, 0.25) is 5.28 Å². The van der Waals surface area contributed by atoms with Crippen LogP contribution in [0.2, 0.25) is 5.28 Å². The Morgan fingerprint density at radius 2 is 2.21 bits per heavy atom. The molecule has 1 aromatic carbocycles. The minimum absolute atomic E-state index is 0.0370. The van der Waals surface area contributed by atoms with E-state index in [1.165, 1.54) is 12.5 Å². The smallest absolute Gasteiger partial charge is 0.269 e. The number of nitro groups is 1. The van der Waals surface area contributed by atoms with Gasteiger partial charge in [-0.2, -0.15) is 16.7 Å². The molecule has 0 saturated heterocycles. The van der Waals surface area contributed by atoms with Crippen LogP contribution in [0.1, 0.15) is 24.8 Å². The van der Waals surface area contributed by atoms with Crippen LogP contribution in [-0.2, 0) is 6.42 Å². The highest BCUT2D eigenvalue weighted by atomic mass is 35.5. The van der Waals surface area contributed by atoms with Crippen molar-refractivity contribution in [2.75, 3.05) is 11.1 Å². The lowest BCUT2D eigenvalue weighted by Crippen LogP contribution is -2.33. The molecule has 1 heterocycles. The zero-order valence-corrected chi connectivity index (χ0v) is 16.6. The summed E-state index contributed by atoms with van der Waals surface area (Å²) in [5.41, 5.74) is 1.12. The number of fused-ring (bicyclic) bond motifs is 2. The number of anilines is 1. The van der Waals surface area contributed by atoms with Crippen molar-refractivity contribution in [3.63, 3.8) is 0 Å². The molecule has 0 aliphatic heterocycles. The second-order valence-corrected chi connectivity index (χ2v) is 9.09. The fraction of sp³-hybridized carbons (Fsp3) is 0.474.